The lowest BCUT2D eigenvalue weighted by Crippen LogP contribution is -2.40. The molecule has 0 N–H and O–H groups in total. The maximum atomic E-state index is 2.49. The fourth-order valence-electron chi connectivity index (χ4n) is 2.97. The van der Waals surface area contributed by atoms with Gasteiger partial charge in [0, 0.05) is 0 Å². The van der Waals surface area contributed by atoms with Gasteiger partial charge in [-0.3, -0.25) is 0 Å². The topological polar surface area (TPSA) is 3.24 Å². The molecule has 1 spiro atoms. The number of hydrogen-bond donors (Lipinski definition) is 0. The van der Waals surface area contributed by atoms with E-state index in [1.54, 1.807) is 0 Å². The van der Waals surface area contributed by atoms with Gasteiger partial charge in [0.05, 0.1) is 0 Å². The van der Waals surface area contributed by atoms with Crippen molar-refractivity contribution >= 4 is 15.8 Å². The predicted octanol–water partition coefficient (Wildman–Crippen LogP) is 0.612. The van der Waals surface area contributed by atoms with E-state index < -0.39 is 0 Å². The lowest BCUT2D eigenvalue weighted by atomic mass is 9.61. The monoisotopic (exact) mass is 177 g/mol. The van der Waals surface area contributed by atoms with E-state index >= 15 is 0 Å². The van der Waals surface area contributed by atoms with E-state index in [9.17, 15) is 0 Å². The molecule has 1 nitrogen and oxygen atoms in total. The number of hydrogen-bond acceptors (Lipinski definition) is 1. The first-order valence-electron chi connectivity index (χ1n) is 5.89. The second-order valence-corrected chi connectivity index (χ2v) is 5.49. The summed E-state index contributed by atoms with van der Waals surface area (Å²) in [6, 6.07) is 0. The van der Waals surface area contributed by atoms with Crippen LogP contribution in [0.2, 0.25) is 5.82 Å². The van der Waals surface area contributed by atoms with Crippen LogP contribution in [-0.4, -0.2) is 33.7 Å². The minimum atomic E-state index is 0.777. The molecule has 0 aromatic heterocycles. The van der Waals surface area contributed by atoms with Crippen LogP contribution in [0, 0.1) is 5.41 Å². The minimum absolute atomic E-state index is 0.777. The lowest BCUT2D eigenvalue weighted by molar-refractivity contribution is 0.104. The second kappa shape index (κ2) is 3.68. The highest BCUT2D eigenvalue weighted by molar-refractivity contribution is 6.11. The van der Waals surface area contributed by atoms with E-state index in [0.29, 0.717) is 0 Å². The zero-order valence-electron chi connectivity index (χ0n) is 9.18. The highest BCUT2D eigenvalue weighted by Gasteiger charge is 2.35. The molecule has 2 aliphatic rings. The Morgan fingerprint density at radius 3 is 2.08 bits per heavy atom. The van der Waals surface area contributed by atoms with Crippen LogP contribution in [0.5, 0.6) is 0 Å². The van der Waals surface area contributed by atoms with E-state index in [4.69, 9.17) is 0 Å². The van der Waals surface area contributed by atoms with Gasteiger partial charge in [0.25, 0.3) is 0 Å². The van der Waals surface area contributed by atoms with E-state index in [1.807, 2.05) is 0 Å². The van der Waals surface area contributed by atoms with Gasteiger partial charge in [0.15, 0.2) is 7.98 Å². The Labute approximate surface area is 84.1 Å². The van der Waals surface area contributed by atoms with Crippen molar-refractivity contribution < 1.29 is 0 Å². The lowest BCUT2D eigenvalue weighted by Gasteiger charge is -2.45. The van der Waals surface area contributed by atoms with E-state index in [0.717, 1.165) is 11.2 Å². The molecule has 1 saturated heterocycles. The molecule has 2 rings (SSSR count). The van der Waals surface area contributed by atoms with Gasteiger partial charge in [0.1, 0.15) is 7.85 Å². The number of nitrogens with zero attached hydrogens (tertiary/aromatic N) is 1. The minimum Gasteiger partial charge on any atom is -0.349 e. The summed E-state index contributed by atoms with van der Waals surface area (Å²) in [7, 11) is 4.68. The van der Waals surface area contributed by atoms with Crippen molar-refractivity contribution in [3.8, 4) is 0 Å². The highest BCUT2D eigenvalue weighted by atomic mass is 15.0. The fraction of sp³-hybridized carbons (Fsp3) is 1.00. The standard InChI is InChI=1S/C10H21B2N/c11-9-1-3-10(4-2-9)5-7-13(12)8-6-10/h9H,1-8,11-12H2. The summed E-state index contributed by atoms with van der Waals surface area (Å²) < 4.78 is 0. The van der Waals surface area contributed by atoms with Crippen LogP contribution in [0.1, 0.15) is 38.5 Å². The Morgan fingerprint density at radius 2 is 1.54 bits per heavy atom. The van der Waals surface area contributed by atoms with Gasteiger partial charge in [-0.1, -0.05) is 18.7 Å². The molecule has 3 heteroatoms. The van der Waals surface area contributed by atoms with Crippen molar-refractivity contribution in [3.05, 3.63) is 0 Å². The van der Waals surface area contributed by atoms with Gasteiger partial charge in [0.2, 0.25) is 0 Å². The molecule has 0 atom stereocenters. The molecule has 72 valence electrons. The maximum Gasteiger partial charge on any atom is 0.185 e. The average molecular weight is 177 g/mol. The van der Waals surface area contributed by atoms with E-state index in [2.05, 4.69) is 20.6 Å². The zero-order chi connectivity index (χ0) is 9.31. The van der Waals surface area contributed by atoms with Crippen molar-refractivity contribution in [1.29, 1.82) is 0 Å². The zero-order valence-corrected chi connectivity index (χ0v) is 9.18. The number of rotatable bonds is 0. The molecule has 0 aromatic rings. The van der Waals surface area contributed by atoms with E-state index in [1.165, 1.54) is 51.6 Å². The van der Waals surface area contributed by atoms with Crippen molar-refractivity contribution in [2.45, 2.75) is 44.3 Å². The Hall–Kier alpha value is 0.0899. The molecule has 0 aromatic carbocycles. The van der Waals surface area contributed by atoms with Gasteiger partial charge < -0.3 is 4.81 Å². The van der Waals surface area contributed by atoms with Crippen LogP contribution in [-0.2, 0) is 0 Å². The van der Waals surface area contributed by atoms with Gasteiger partial charge in [-0.25, -0.2) is 0 Å². The molecule has 1 aliphatic heterocycles. The first-order chi connectivity index (χ1) is 6.20. The van der Waals surface area contributed by atoms with Crippen LogP contribution < -0.4 is 0 Å². The van der Waals surface area contributed by atoms with Crippen LogP contribution >= 0.6 is 0 Å². The Morgan fingerprint density at radius 1 is 1.00 bits per heavy atom. The molecule has 1 aliphatic carbocycles. The normalized spacial score (nSPS) is 30.8. The summed E-state index contributed by atoms with van der Waals surface area (Å²) in [4.78, 5) is 2.49. The summed E-state index contributed by atoms with van der Waals surface area (Å²) in [5, 5.41) is 0. The molecule has 0 radical (unpaired) electrons. The van der Waals surface area contributed by atoms with Crippen LogP contribution in [0.4, 0.5) is 0 Å². The van der Waals surface area contributed by atoms with Crippen molar-refractivity contribution in [2.75, 3.05) is 13.1 Å². The van der Waals surface area contributed by atoms with Crippen molar-refractivity contribution in [3.63, 3.8) is 0 Å². The highest BCUT2D eigenvalue weighted by Crippen LogP contribution is 2.46. The maximum absolute atomic E-state index is 2.49. The quantitative estimate of drug-likeness (QED) is 0.490. The summed E-state index contributed by atoms with van der Waals surface area (Å²) in [6.07, 6.45) is 8.95. The molecule has 0 unspecified atom stereocenters. The summed E-state index contributed by atoms with van der Waals surface area (Å²) in [6.45, 7) is 2.68. The summed E-state index contributed by atoms with van der Waals surface area (Å²) in [5.74, 6) is 1.00. The Bertz CT molecular complexity index is 144. The predicted molar refractivity (Wildman–Crippen MR) is 62.5 cm³/mol. The molecular weight excluding hydrogens is 156 g/mol. The van der Waals surface area contributed by atoms with Crippen LogP contribution in [0.25, 0.3) is 0 Å². The summed E-state index contributed by atoms with van der Waals surface area (Å²) >= 11 is 0. The third-order valence-corrected chi connectivity index (χ3v) is 4.38. The summed E-state index contributed by atoms with van der Waals surface area (Å²) in [5.41, 5.74) is 0.777. The van der Waals surface area contributed by atoms with Gasteiger partial charge in [-0.15, -0.1) is 0 Å². The van der Waals surface area contributed by atoms with Crippen molar-refractivity contribution in [2.24, 2.45) is 5.41 Å². The first kappa shape index (κ1) is 9.64. The Kier molecular flexibility index (Phi) is 2.73. The second-order valence-electron chi connectivity index (χ2n) is 5.49. The van der Waals surface area contributed by atoms with Crippen LogP contribution in [0.3, 0.4) is 0 Å². The third-order valence-electron chi connectivity index (χ3n) is 4.38. The molecule has 0 bridgehead atoms. The molecule has 0 amide bonds. The SMILES string of the molecule is BC1CCC2(CC1)CCN(B)CC2. The smallest absolute Gasteiger partial charge is 0.185 e. The largest absolute Gasteiger partial charge is 0.349 e. The van der Waals surface area contributed by atoms with E-state index in [-0.39, 0.29) is 0 Å². The van der Waals surface area contributed by atoms with Crippen molar-refractivity contribution in [1.82, 2.24) is 4.81 Å². The average Bonchev–Trinajstić information content (AvgIpc) is 2.16. The van der Waals surface area contributed by atoms with Crippen LogP contribution in [0.15, 0.2) is 0 Å². The Balaban J connectivity index is 1.90. The first-order valence-corrected chi connectivity index (χ1v) is 5.89. The molecule has 1 saturated carbocycles. The molecule has 2 fully saturated rings. The van der Waals surface area contributed by atoms with Gasteiger partial charge in [-0.2, -0.15) is 0 Å². The van der Waals surface area contributed by atoms with Gasteiger partial charge in [-0.05, 0) is 44.2 Å². The fourth-order valence-corrected chi connectivity index (χ4v) is 2.97. The number of piperidine rings is 1. The molecule has 1 heterocycles. The third kappa shape index (κ3) is 2.12. The molecular formula is C10H21B2N. The van der Waals surface area contributed by atoms with Gasteiger partial charge >= 0.3 is 0 Å². The molecule has 13 heavy (non-hydrogen) atoms.